The van der Waals surface area contributed by atoms with Crippen LogP contribution < -0.4 is 5.32 Å². The van der Waals surface area contributed by atoms with Gasteiger partial charge < -0.3 is 19.8 Å². The molecule has 5 rings (SSSR count). The molecule has 2 aliphatic heterocycles. The Labute approximate surface area is 240 Å². The van der Waals surface area contributed by atoms with Gasteiger partial charge in [0.1, 0.15) is 17.5 Å². The Morgan fingerprint density at radius 3 is 2.71 bits per heavy atom. The van der Waals surface area contributed by atoms with Crippen LogP contribution in [0.25, 0.3) is 10.9 Å². The molecule has 3 fully saturated rings. The summed E-state index contributed by atoms with van der Waals surface area (Å²) in [5, 5.41) is 4.34. The number of fused-ring (bicyclic) bond motifs is 3. The molecule has 8 nitrogen and oxygen atoms in total. The second-order valence-electron chi connectivity index (χ2n) is 12.2. The maximum Gasteiger partial charge on any atom is 0.305 e. The Hall–Kier alpha value is -3.52. The van der Waals surface area contributed by atoms with Crippen LogP contribution in [-0.2, 0) is 35.1 Å². The molecule has 0 spiro atoms. The highest BCUT2D eigenvalue weighted by atomic mass is 16.6. The molecule has 2 saturated heterocycles. The van der Waals surface area contributed by atoms with E-state index in [-0.39, 0.29) is 54.4 Å². The van der Waals surface area contributed by atoms with E-state index < -0.39 is 22.9 Å². The third-order valence-electron chi connectivity index (χ3n) is 9.78. The highest BCUT2D eigenvalue weighted by molar-refractivity contribution is 6.10. The molecule has 1 aromatic carbocycles. The number of hydrogen-bond donors (Lipinski definition) is 2. The van der Waals surface area contributed by atoms with Crippen molar-refractivity contribution in [1.29, 1.82) is 0 Å². The first-order valence-electron chi connectivity index (χ1n) is 14.5. The van der Waals surface area contributed by atoms with Crippen LogP contribution >= 0.6 is 0 Å². The van der Waals surface area contributed by atoms with Crippen molar-refractivity contribution < 1.29 is 28.7 Å². The number of ether oxygens (including phenoxy) is 2. The molecule has 2 N–H and O–H groups in total. The lowest BCUT2D eigenvalue weighted by atomic mass is 9.51. The summed E-state index contributed by atoms with van der Waals surface area (Å²) in [4.78, 5) is 54.9. The van der Waals surface area contributed by atoms with Crippen molar-refractivity contribution in [3.8, 4) is 0 Å². The zero-order chi connectivity index (χ0) is 29.5. The molecule has 0 radical (unpaired) electrons. The number of allylic oxidation sites excluding steroid dienone is 3. The monoisotopic (exact) mass is 560 g/mol. The second-order valence-corrected chi connectivity index (χ2v) is 12.2. The minimum atomic E-state index is -1.36. The highest BCUT2D eigenvalue weighted by Crippen LogP contribution is 2.66. The van der Waals surface area contributed by atoms with Gasteiger partial charge in [-0.2, -0.15) is 0 Å². The lowest BCUT2D eigenvalue weighted by Gasteiger charge is -2.46. The van der Waals surface area contributed by atoms with E-state index in [9.17, 15) is 19.2 Å². The quantitative estimate of drug-likeness (QED) is 0.104. The van der Waals surface area contributed by atoms with Crippen LogP contribution in [-0.4, -0.2) is 53.8 Å². The molecule has 1 unspecified atom stereocenters. The maximum atomic E-state index is 14.3. The average Bonchev–Trinajstić information content (AvgIpc) is 3.36. The van der Waals surface area contributed by atoms with Crippen molar-refractivity contribution in [2.75, 3.05) is 7.11 Å². The van der Waals surface area contributed by atoms with Crippen LogP contribution in [0, 0.1) is 29.1 Å². The van der Waals surface area contributed by atoms with E-state index >= 15 is 0 Å². The predicted octanol–water partition coefficient (Wildman–Crippen LogP) is 4.48. The number of carbonyl (C=O) groups is 4. The number of aromatic nitrogens is 1. The van der Waals surface area contributed by atoms with Gasteiger partial charge in [-0.3, -0.25) is 19.2 Å². The molecule has 218 valence electrons. The van der Waals surface area contributed by atoms with E-state index in [2.05, 4.69) is 30.2 Å². The maximum absolute atomic E-state index is 14.3. The third kappa shape index (κ3) is 4.86. The lowest BCUT2D eigenvalue weighted by molar-refractivity contribution is -0.151. The Kier molecular flexibility index (Phi) is 7.81. The van der Waals surface area contributed by atoms with Crippen molar-refractivity contribution >= 4 is 34.8 Å². The number of amides is 1. The van der Waals surface area contributed by atoms with Gasteiger partial charge in [-0.15, -0.1) is 0 Å². The largest absolute Gasteiger partial charge is 0.469 e. The third-order valence-corrected chi connectivity index (χ3v) is 9.78. The average molecular weight is 561 g/mol. The van der Waals surface area contributed by atoms with Crippen molar-refractivity contribution in [2.45, 2.75) is 71.1 Å². The Morgan fingerprint density at radius 1 is 1.22 bits per heavy atom. The summed E-state index contributed by atoms with van der Waals surface area (Å²) in [5.74, 6) is -1.78. The van der Waals surface area contributed by atoms with Gasteiger partial charge in [0.25, 0.3) is 0 Å². The summed E-state index contributed by atoms with van der Waals surface area (Å²) in [6, 6.07) is 7.77. The summed E-state index contributed by atoms with van der Waals surface area (Å²) >= 11 is 0. The van der Waals surface area contributed by atoms with Gasteiger partial charge in [0.15, 0.2) is 0 Å². The number of H-pyrrole nitrogens is 1. The number of Topliss-reactive ketones (excluding diaryl/α,β-unsaturated/α-hetero) is 1. The predicted molar refractivity (Wildman–Crippen MR) is 155 cm³/mol. The van der Waals surface area contributed by atoms with Crippen molar-refractivity contribution in [2.24, 2.45) is 29.1 Å². The number of aldehydes is 1. The van der Waals surface area contributed by atoms with E-state index in [4.69, 9.17) is 9.47 Å². The fourth-order valence-electron chi connectivity index (χ4n) is 7.58. The van der Waals surface area contributed by atoms with Gasteiger partial charge in [0.2, 0.25) is 5.91 Å². The van der Waals surface area contributed by atoms with Gasteiger partial charge in [-0.05, 0) is 55.7 Å². The number of epoxide rings is 1. The fraction of sp³-hybridized carbons (Fsp3) is 0.515. The van der Waals surface area contributed by atoms with Crippen LogP contribution in [0.3, 0.4) is 0 Å². The standard InChI is InChI=1S/C33H40N2O6/c1-19(15-20(2)18-36)9-8-11-24-30-32(4,41-30)21(3)29-26(16-22-17-34-25-12-7-6-10-23(22)25)35-31(39)33(24,29)27(37)13-14-28(38)40-5/h6-8,10-12,15,17-19,21,24,26,29-30,34H,9,13-14,16H2,1-5H3,(H,35,39)/b11-8+,20-15+/t19?,21-,24-,26-,29-,30-,32+,33+/m0/s1. The number of rotatable bonds is 11. The number of ketones is 1. The molecule has 2 aromatic rings. The van der Waals surface area contributed by atoms with Gasteiger partial charge >= 0.3 is 5.97 Å². The van der Waals surface area contributed by atoms with E-state index in [1.165, 1.54) is 7.11 Å². The Bertz CT molecular complexity index is 1420. The minimum Gasteiger partial charge on any atom is -0.469 e. The smallest absolute Gasteiger partial charge is 0.305 e. The molecule has 1 saturated carbocycles. The van der Waals surface area contributed by atoms with E-state index in [1.54, 1.807) is 6.92 Å². The van der Waals surface area contributed by atoms with E-state index in [1.807, 2.05) is 49.5 Å². The van der Waals surface area contributed by atoms with Crippen molar-refractivity contribution in [3.63, 3.8) is 0 Å². The molecule has 0 bridgehead atoms. The van der Waals surface area contributed by atoms with Crippen molar-refractivity contribution in [3.05, 3.63) is 59.8 Å². The van der Waals surface area contributed by atoms with Crippen LogP contribution in [0.4, 0.5) is 0 Å². The Morgan fingerprint density at radius 2 is 1.98 bits per heavy atom. The summed E-state index contributed by atoms with van der Waals surface area (Å²) in [7, 11) is 1.30. The van der Waals surface area contributed by atoms with Gasteiger partial charge in [0, 0.05) is 41.4 Å². The summed E-state index contributed by atoms with van der Waals surface area (Å²) in [6.45, 7) is 7.97. The first-order chi connectivity index (χ1) is 19.6. The van der Waals surface area contributed by atoms with Gasteiger partial charge in [-0.1, -0.05) is 50.3 Å². The zero-order valence-corrected chi connectivity index (χ0v) is 24.4. The highest BCUT2D eigenvalue weighted by Gasteiger charge is 2.78. The molecular formula is C33H40N2O6. The number of hydrogen-bond acceptors (Lipinski definition) is 6. The summed E-state index contributed by atoms with van der Waals surface area (Å²) in [5.41, 5.74) is 0.948. The number of aromatic amines is 1. The molecule has 8 atom stereocenters. The SMILES string of the molecule is COC(=O)CCC(=O)[C@@]12C(=O)N[C@@H](Cc3c[nH]c4ccccc34)[C@@H]1[C@H](C)[C@@]1(C)O[C@H]1[C@@H]2/C=C/CC(C)/C=C(\C)C=O. The first-order valence-corrected chi connectivity index (χ1v) is 14.5. The van der Waals surface area contributed by atoms with Crippen LogP contribution in [0.15, 0.2) is 54.3 Å². The molecule has 8 heteroatoms. The summed E-state index contributed by atoms with van der Waals surface area (Å²) in [6.07, 6.45) is 9.51. The normalized spacial score (nSPS) is 33.2. The van der Waals surface area contributed by atoms with Crippen LogP contribution in [0.5, 0.6) is 0 Å². The molecule has 1 amide bonds. The minimum absolute atomic E-state index is 0.0748. The van der Waals surface area contributed by atoms with Gasteiger partial charge in [0.05, 0.1) is 25.2 Å². The number of esters is 1. The molecule has 3 heterocycles. The van der Waals surface area contributed by atoms with Crippen LogP contribution in [0.2, 0.25) is 0 Å². The van der Waals surface area contributed by atoms with E-state index in [0.29, 0.717) is 18.4 Å². The summed E-state index contributed by atoms with van der Waals surface area (Å²) < 4.78 is 11.2. The second kappa shape index (κ2) is 11.0. The zero-order valence-electron chi connectivity index (χ0n) is 24.4. The number of nitrogens with one attached hydrogen (secondary N) is 2. The van der Waals surface area contributed by atoms with Crippen LogP contribution in [0.1, 0.15) is 52.5 Å². The number of methoxy groups -OCH3 is 1. The Balaban J connectivity index is 1.54. The number of para-hydroxylation sites is 1. The number of carbonyl (C=O) groups excluding carboxylic acids is 4. The van der Waals surface area contributed by atoms with Gasteiger partial charge in [-0.25, -0.2) is 0 Å². The molecular weight excluding hydrogens is 520 g/mol. The first kappa shape index (κ1) is 29.0. The lowest BCUT2D eigenvalue weighted by Crippen LogP contribution is -2.58. The molecule has 41 heavy (non-hydrogen) atoms. The van der Waals surface area contributed by atoms with Crippen molar-refractivity contribution in [1.82, 2.24) is 10.3 Å². The van der Waals surface area contributed by atoms with E-state index in [0.717, 1.165) is 22.8 Å². The molecule has 3 aliphatic rings. The number of benzene rings is 1. The molecule has 1 aromatic heterocycles. The topological polar surface area (TPSA) is 118 Å². The molecule has 1 aliphatic carbocycles. The fourth-order valence-corrected chi connectivity index (χ4v) is 7.58.